The average molecular weight is 258 g/mol. The smallest absolute Gasteiger partial charge is 0.161 e. The molecule has 0 saturated heterocycles. The van der Waals surface area contributed by atoms with Crippen LogP contribution in [-0.4, -0.2) is 19.2 Å². The van der Waals surface area contributed by atoms with Gasteiger partial charge in [0.15, 0.2) is 11.5 Å². The van der Waals surface area contributed by atoms with Gasteiger partial charge in [0.05, 0.1) is 26.1 Å². The van der Waals surface area contributed by atoms with Crippen molar-refractivity contribution in [2.45, 2.75) is 13.5 Å². The van der Waals surface area contributed by atoms with Gasteiger partial charge in [0.1, 0.15) is 0 Å². The standard InChI is InChI=1S/C15H18N2O2/c1-11-4-6-13(10-16-11)17-9-12-5-7-14(18-2)15(8-12)19-3/h4-8,10,17H,9H2,1-3H3. The number of nitrogens with one attached hydrogen (secondary N) is 1. The Kier molecular flexibility index (Phi) is 4.23. The molecule has 1 N–H and O–H groups in total. The van der Waals surface area contributed by atoms with E-state index >= 15 is 0 Å². The van der Waals surface area contributed by atoms with E-state index < -0.39 is 0 Å². The van der Waals surface area contributed by atoms with E-state index in [1.165, 1.54) is 0 Å². The maximum Gasteiger partial charge on any atom is 0.161 e. The number of nitrogens with zero attached hydrogens (tertiary/aromatic N) is 1. The Labute approximate surface area is 113 Å². The fourth-order valence-electron chi connectivity index (χ4n) is 1.77. The summed E-state index contributed by atoms with van der Waals surface area (Å²) in [6.45, 7) is 2.68. The van der Waals surface area contributed by atoms with Gasteiger partial charge in [0, 0.05) is 12.2 Å². The van der Waals surface area contributed by atoms with Crippen molar-refractivity contribution < 1.29 is 9.47 Å². The van der Waals surface area contributed by atoms with E-state index in [2.05, 4.69) is 10.3 Å². The highest BCUT2D eigenvalue weighted by Crippen LogP contribution is 2.27. The van der Waals surface area contributed by atoms with Crippen molar-refractivity contribution in [3.63, 3.8) is 0 Å². The summed E-state index contributed by atoms with van der Waals surface area (Å²) >= 11 is 0. The van der Waals surface area contributed by atoms with Gasteiger partial charge in [-0.15, -0.1) is 0 Å². The van der Waals surface area contributed by atoms with Gasteiger partial charge in [0.25, 0.3) is 0 Å². The summed E-state index contributed by atoms with van der Waals surface area (Å²) < 4.78 is 10.5. The Morgan fingerprint density at radius 1 is 1.05 bits per heavy atom. The number of aryl methyl sites for hydroxylation is 1. The highest BCUT2D eigenvalue weighted by Gasteiger charge is 2.04. The Morgan fingerprint density at radius 3 is 2.47 bits per heavy atom. The molecule has 0 fully saturated rings. The largest absolute Gasteiger partial charge is 0.493 e. The number of ether oxygens (including phenoxy) is 2. The summed E-state index contributed by atoms with van der Waals surface area (Å²) in [7, 11) is 3.27. The number of hydrogen-bond donors (Lipinski definition) is 1. The van der Waals surface area contributed by atoms with Crippen molar-refractivity contribution in [1.82, 2.24) is 4.98 Å². The molecule has 0 amide bonds. The molecule has 1 aromatic heterocycles. The lowest BCUT2D eigenvalue weighted by molar-refractivity contribution is 0.354. The number of hydrogen-bond acceptors (Lipinski definition) is 4. The van der Waals surface area contributed by atoms with Crippen molar-refractivity contribution in [1.29, 1.82) is 0 Å². The highest BCUT2D eigenvalue weighted by molar-refractivity contribution is 5.46. The van der Waals surface area contributed by atoms with Gasteiger partial charge in [-0.2, -0.15) is 0 Å². The van der Waals surface area contributed by atoms with Crippen LogP contribution in [0.2, 0.25) is 0 Å². The van der Waals surface area contributed by atoms with E-state index in [0.29, 0.717) is 6.54 Å². The average Bonchev–Trinajstić information content (AvgIpc) is 2.46. The van der Waals surface area contributed by atoms with Crippen LogP contribution in [0.1, 0.15) is 11.3 Å². The molecule has 19 heavy (non-hydrogen) atoms. The molecule has 2 rings (SSSR count). The molecule has 0 aliphatic heterocycles. The lowest BCUT2D eigenvalue weighted by Crippen LogP contribution is -2.01. The Balaban J connectivity index is 2.05. The maximum atomic E-state index is 5.28. The van der Waals surface area contributed by atoms with Gasteiger partial charge in [-0.3, -0.25) is 4.98 Å². The van der Waals surface area contributed by atoms with Crippen LogP contribution >= 0.6 is 0 Å². The monoisotopic (exact) mass is 258 g/mol. The predicted molar refractivity (Wildman–Crippen MR) is 75.8 cm³/mol. The van der Waals surface area contributed by atoms with Crippen LogP contribution in [0.15, 0.2) is 36.5 Å². The van der Waals surface area contributed by atoms with Gasteiger partial charge in [-0.25, -0.2) is 0 Å². The number of anilines is 1. The first-order chi connectivity index (χ1) is 9.22. The van der Waals surface area contributed by atoms with Crippen LogP contribution in [0.3, 0.4) is 0 Å². The molecule has 1 aromatic carbocycles. The summed E-state index contributed by atoms with van der Waals surface area (Å²) in [5.41, 5.74) is 3.13. The van der Waals surface area contributed by atoms with Crippen molar-refractivity contribution in [3.05, 3.63) is 47.8 Å². The minimum Gasteiger partial charge on any atom is -0.493 e. The van der Waals surface area contributed by atoms with E-state index in [-0.39, 0.29) is 0 Å². The van der Waals surface area contributed by atoms with Crippen LogP contribution in [0, 0.1) is 6.92 Å². The topological polar surface area (TPSA) is 43.4 Å². The first-order valence-electron chi connectivity index (χ1n) is 6.10. The number of aromatic nitrogens is 1. The number of benzene rings is 1. The lowest BCUT2D eigenvalue weighted by atomic mass is 10.2. The second-order valence-corrected chi connectivity index (χ2v) is 4.23. The predicted octanol–water partition coefficient (Wildman–Crippen LogP) is 3.02. The molecule has 0 bridgehead atoms. The van der Waals surface area contributed by atoms with Crippen molar-refractivity contribution in [2.75, 3.05) is 19.5 Å². The zero-order valence-corrected chi connectivity index (χ0v) is 11.4. The number of methoxy groups -OCH3 is 2. The number of rotatable bonds is 5. The fraction of sp³-hybridized carbons (Fsp3) is 0.267. The van der Waals surface area contributed by atoms with E-state index in [1.54, 1.807) is 14.2 Å². The third-order valence-electron chi connectivity index (χ3n) is 2.86. The first-order valence-corrected chi connectivity index (χ1v) is 6.10. The summed E-state index contributed by atoms with van der Waals surface area (Å²) in [6, 6.07) is 9.88. The van der Waals surface area contributed by atoms with Crippen molar-refractivity contribution in [3.8, 4) is 11.5 Å². The maximum absolute atomic E-state index is 5.28. The van der Waals surface area contributed by atoms with Gasteiger partial charge in [-0.1, -0.05) is 6.07 Å². The summed E-state index contributed by atoms with van der Waals surface area (Å²) in [4.78, 5) is 4.25. The molecule has 0 radical (unpaired) electrons. The third kappa shape index (κ3) is 3.37. The second-order valence-electron chi connectivity index (χ2n) is 4.23. The minimum atomic E-state index is 0.713. The zero-order chi connectivity index (χ0) is 13.7. The van der Waals surface area contributed by atoms with Gasteiger partial charge in [0.2, 0.25) is 0 Å². The van der Waals surface area contributed by atoms with Crippen molar-refractivity contribution in [2.24, 2.45) is 0 Å². The molecule has 0 aliphatic carbocycles. The first kappa shape index (κ1) is 13.2. The third-order valence-corrected chi connectivity index (χ3v) is 2.86. The van der Waals surface area contributed by atoms with Gasteiger partial charge in [-0.05, 0) is 36.8 Å². The van der Waals surface area contributed by atoms with Crippen LogP contribution in [0.25, 0.3) is 0 Å². The summed E-state index contributed by atoms with van der Waals surface area (Å²) in [6.07, 6.45) is 1.83. The molecule has 2 aromatic rings. The molecular formula is C15H18N2O2. The van der Waals surface area contributed by atoms with Crippen LogP contribution in [0.5, 0.6) is 11.5 Å². The van der Waals surface area contributed by atoms with E-state index in [4.69, 9.17) is 9.47 Å². The molecule has 0 saturated carbocycles. The quantitative estimate of drug-likeness (QED) is 0.895. The lowest BCUT2D eigenvalue weighted by Gasteiger charge is -2.11. The molecule has 100 valence electrons. The van der Waals surface area contributed by atoms with Crippen LogP contribution in [-0.2, 0) is 6.54 Å². The van der Waals surface area contributed by atoms with Crippen LogP contribution < -0.4 is 14.8 Å². The summed E-state index contributed by atoms with van der Waals surface area (Å²) in [5, 5.41) is 3.32. The molecule has 0 atom stereocenters. The Hall–Kier alpha value is -2.23. The van der Waals surface area contributed by atoms with Crippen LogP contribution in [0.4, 0.5) is 5.69 Å². The normalized spacial score (nSPS) is 10.1. The van der Waals surface area contributed by atoms with E-state index in [1.807, 2.05) is 43.5 Å². The fourth-order valence-corrected chi connectivity index (χ4v) is 1.77. The minimum absolute atomic E-state index is 0.713. The van der Waals surface area contributed by atoms with Crippen molar-refractivity contribution >= 4 is 5.69 Å². The summed E-state index contributed by atoms with van der Waals surface area (Å²) in [5.74, 6) is 1.48. The Bertz CT molecular complexity index is 538. The molecular weight excluding hydrogens is 240 g/mol. The highest BCUT2D eigenvalue weighted by atomic mass is 16.5. The molecule has 0 aliphatic rings. The Morgan fingerprint density at radius 2 is 1.84 bits per heavy atom. The van der Waals surface area contributed by atoms with Gasteiger partial charge >= 0.3 is 0 Å². The molecule has 4 nitrogen and oxygen atoms in total. The van der Waals surface area contributed by atoms with E-state index in [0.717, 1.165) is 28.4 Å². The molecule has 0 unspecified atom stereocenters. The van der Waals surface area contributed by atoms with Gasteiger partial charge < -0.3 is 14.8 Å². The zero-order valence-electron chi connectivity index (χ0n) is 11.4. The second kappa shape index (κ2) is 6.09. The molecule has 1 heterocycles. The number of pyridine rings is 1. The molecule has 4 heteroatoms. The SMILES string of the molecule is COc1ccc(CNc2ccc(C)nc2)cc1OC. The molecule has 0 spiro atoms. The van der Waals surface area contributed by atoms with E-state index in [9.17, 15) is 0 Å².